The quantitative estimate of drug-likeness (QED) is 0.578. The van der Waals surface area contributed by atoms with E-state index < -0.39 is 0 Å². The fourth-order valence-corrected chi connectivity index (χ4v) is 3.59. The van der Waals surface area contributed by atoms with Crippen LogP contribution in [0, 0.1) is 0 Å². The summed E-state index contributed by atoms with van der Waals surface area (Å²) >= 11 is 0. The van der Waals surface area contributed by atoms with E-state index in [1.165, 1.54) is 0 Å². The molecule has 1 aliphatic heterocycles. The first kappa shape index (κ1) is 22.7. The van der Waals surface area contributed by atoms with E-state index in [9.17, 15) is 9.59 Å². The molecule has 0 radical (unpaired) electrons. The zero-order valence-corrected chi connectivity index (χ0v) is 19.0. The van der Waals surface area contributed by atoms with E-state index in [0.717, 1.165) is 25.0 Å². The molecule has 2 heterocycles. The molecule has 1 aliphatic rings. The van der Waals surface area contributed by atoms with Crippen LogP contribution in [-0.2, 0) is 18.4 Å². The molecule has 0 spiro atoms. The lowest BCUT2D eigenvalue weighted by Gasteiger charge is -2.31. The SMILES string of the molecule is CCCCN(Cc1cccn1C)C(=O)CN(C(=O)c1ccc2c(c1)OCO2)[C@@H](C)CC. The number of aryl methyl sites for hydroxylation is 1. The first-order valence-corrected chi connectivity index (χ1v) is 11.0. The molecule has 2 amide bonds. The van der Waals surface area contributed by atoms with Crippen LogP contribution in [-0.4, -0.2) is 52.1 Å². The predicted octanol–water partition coefficient (Wildman–Crippen LogP) is 3.82. The Labute approximate surface area is 184 Å². The molecule has 3 rings (SSSR count). The highest BCUT2D eigenvalue weighted by Crippen LogP contribution is 2.33. The van der Waals surface area contributed by atoms with Crippen molar-refractivity contribution in [1.29, 1.82) is 0 Å². The number of ether oxygens (including phenoxy) is 2. The molecule has 31 heavy (non-hydrogen) atoms. The van der Waals surface area contributed by atoms with Gasteiger partial charge in [-0.25, -0.2) is 0 Å². The fourth-order valence-electron chi connectivity index (χ4n) is 3.59. The van der Waals surface area contributed by atoms with Crippen molar-refractivity contribution in [1.82, 2.24) is 14.4 Å². The van der Waals surface area contributed by atoms with Gasteiger partial charge in [0.05, 0.1) is 6.54 Å². The van der Waals surface area contributed by atoms with Crippen LogP contribution in [0.2, 0.25) is 0 Å². The van der Waals surface area contributed by atoms with Gasteiger partial charge in [0.1, 0.15) is 6.54 Å². The molecule has 0 bridgehead atoms. The smallest absolute Gasteiger partial charge is 0.254 e. The van der Waals surface area contributed by atoms with Gasteiger partial charge in [-0.2, -0.15) is 0 Å². The summed E-state index contributed by atoms with van der Waals surface area (Å²) in [5.74, 6) is 0.991. The van der Waals surface area contributed by atoms with Gasteiger partial charge < -0.3 is 23.8 Å². The second kappa shape index (κ2) is 10.4. The van der Waals surface area contributed by atoms with Crippen molar-refractivity contribution in [2.24, 2.45) is 7.05 Å². The molecular formula is C24H33N3O4. The molecule has 7 heteroatoms. The number of unbranched alkanes of at least 4 members (excludes halogenated alkanes) is 1. The van der Waals surface area contributed by atoms with Crippen LogP contribution in [0.15, 0.2) is 36.5 Å². The van der Waals surface area contributed by atoms with Gasteiger partial charge in [-0.3, -0.25) is 9.59 Å². The molecule has 1 atom stereocenters. The van der Waals surface area contributed by atoms with E-state index in [1.807, 2.05) is 48.7 Å². The monoisotopic (exact) mass is 427 g/mol. The average molecular weight is 428 g/mol. The van der Waals surface area contributed by atoms with E-state index >= 15 is 0 Å². The van der Waals surface area contributed by atoms with Crippen molar-refractivity contribution in [2.45, 2.75) is 52.6 Å². The summed E-state index contributed by atoms with van der Waals surface area (Å²) in [6.45, 7) is 7.53. The summed E-state index contributed by atoms with van der Waals surface area (Å²) in [5.41, 5.74) is 1.57. The van der Waals surface area contributed by atoms with Crippen molar-refractivity contribution in [3.05, 3.63) is 47.8 Å². The Morgan fingerprint density at radius 3 is 2.61 bits per heavy atom. The topological polar surface area (TPSA) is 64.0 Å². The van der Waals surface area contributed by atoms with E-state index in [4.69, 9.17) is 9.47 Å². The van der Waals surface area contributed by atoms with Crippen LogP contribution in [0.3, 0.4) is 0 Å². The van der Waals surface area contributed by atoms with Crippen LogP contribution in [0.5, 0.6) is 11.5 Å². The number of hydrogen-bond donors (Lipinski definition) is 0. The van der Waals surface area contributed by atoms with Crippen LogP contribution in [0.4, 0.5) is 0 Å². The van der Waals surface area contributed by atoms with Crippen LogP contribution in [0.1, 0.15) is 56.1 Å². The summed E-state index contributed by atoms with van der Waals surface area (Å²) in [6, 6.07) is 9.11. The van der Waals surface area contributed by atoms with Crippen molar-refractivity contribution in [2.75, 3.05) is 19.9 Å². The second-order valence-corrected chi connectivity index (χ2v) is 8.04. The molecule has 1 aromatic carbocycles. The van der Waals surface area contributed by atoms with Crippen molar-refractivity contribution in [3.63, 3.8) is 0 Å². The summed E-state index contributed by atoms with van der Waals surface area (Å²) in [5, 5.41) is 0. The Morgan fingerprint density at radius 1 is 1.16 bits per heavy atom. The first-order valence-electron chi connectivity index (χ1n) is 11.0. The summed E-state index contributed by atoms with van der Waals surface area (Å²) in [7, 11) is 1.98. The number of rotatable bonds is 10. The predicted molar refractivity (Wildman–Crippen MR) is 119 cm³/mol. The maximum Gasteiger partial charge on any atom is 0.254 e. The lowest BCUT2D eigenvalue weighted by atomic mass is 10.1. The lowest BCUT2D eigenvalue weighted by molar-refractivity contribution is -0.133. The maximum atomic E-state index is 13.3. The number of aromatic nitrogens is 1. The van der Waals surface area contributed by atoms with Crippen LogP contribution < -0.4 is 9.47 Å². The first-order chi connectivity index (χ1) is 14.9. The molecular weight excluding hydrogens is 394 g/mol. The fraction of sp³-hybridized carbons (Fsp3) is 0.500. The van der Waals surface area contributed by atoms with Gasteiger partial charge in [-0.15, -0.1) is 0 Å². The minimum absolute atomic E-state index is 0.0379. The maximum absolute atomic E-state index is 13.3. The summed E-state index contributed by atoms with van der Waals surface area (Å²) in [6.07, 6.45) is 4.67. The third-order valence-corrected chi connectivity index (χ3v) is 5.85. The molecule has 0 fully saturated rings. The highest BCUT2D eigenvalue weighted by Gasteiger charge is 2.27. The number of nitrogens with zero attached hydrogens (tertiary/aromatic N) is 3. The van der Waals surface area contributed by atoms with E-state index in [0.29, 0.717) is 30.2 Å². The normalized spacial score (nSPS) is 13.2. The molecule has 7 nitrogen and oxygen atoms in total. The van der Waals surface area contributed by atoms with Gasteiger partial charge in [-0.05, 0) is 50.1 Å². The second-order valence-electron chi connectivity index (χ2n) is 8.04. The van der Waals surface area contributed by atoms with E-state index in [1.54, 1.807) is 23.1 Å². The minimum atomic E-state index is -0.171. The number of hydrogen-bond acceptors (Lipinski definition) is 4. The third-order valence-electron chi connectivity index (χ3n) is 5.85. The largest absolute Gasteiger partial charge is 0.454 e. The molecule has 0 N–H and O–H groups in total. The summed E-state index contributed by atoms with van der Waals surface area (Å²) in [4.78, 5) is 30.2. The molecule has 1 aromatic heterocycles. The number of fused-ring (bicyclic) bond motifs is 1. The average Bonchev–Trinajstić information content (AvgIpc) is 3.41. The molecule has 0 saturated heterocycles. The van der Waals surface area contributed by atoms with Crippen molar-refractivity contribution < 1.29 is 19.1 Å². The molecule has 0 aliphatic carbocycles. The lowest BCUT2D eigenvalue weighted by Crippen LogP contribution is -2.46. The number of carbonyl (C=O) groups excluding carboxylic acids is 2. The standard InChI is InChI=1S/C24H33N3O4/c1-5-7-13-26(15-20-9-8-12-25(20)4)23(28)16-27(18(3)6-2)24(29)19-10-11-21-22(14-19)31-17-30-21/h8-12,14,18H,5-7,13,15-17H2,1-4H3/t18-/m0/s1. The van der Waals surface area contributed by atoms with Gasteiger partial charge in [0.25, 0.3) is 5.91 Å². The Morgan fingerprint density at radius 2 is 1.94 bits per heavy atom. The molecule has 2 aromatic rings. The van der Waals surface area contributed by atoms with E-state index in [-0.39, 0.29) is 31.2 Å². The third kappa shape index (κ3) is 5.40. The van der Waals surface area contributed by atoms with Gasteiger partial charge in [0, 0.05) is 37.1 Å². The van der Waals surface area contributed by atoms with Crippen LogP contribution in [0.25, 0.3) is 0 Å². The number of amides is 2. The Hall–Kier alpha value is -2.96. The highest BCUT2D eigenvalue weighted by molar-refractivity contribution is 5.97. The van der Waals surface area contributed by atoms with Crippen LogP contribution >= 0.6 is 0 Å². The molecule has 0 saturated carbocycles. The Bertz CT molecular complexity index is 908. The zero-order valence-electron chi connectivity index (χ0n) is 19.0. The van der Waals surface area contributed by atoms with Gasteiger partial charge in [-0.1, -0.05) is 20.3 Å². The minimum Gasteiger partial charge on any atom is -0.454 e. The van der Waals surface area contributed by atoms with Crippen molar-refractivity contribution >= 4 is 11.8 Å². The van der Waals surface area contributed by atoms with Crippen molar-refractivity contribution in [3.8, 4) is 11.5 Å². The van der Waals surface area contributed by atoms with E-state index in [2.05, 4.69) is 6.92 Å². The number of benzene rings is 1. The Balaban J connectivity index is 1.78. The Kier molecular flexibility index (Phi) is 7.60. The summed E-state index contributed by atoms with van der Waals surface area (Å²) < 4.78 is 12.8. The molecule has 168 valence electrons. The van der Waals surface area contributed by atoms with Gasteiger partial charge in [0.2, 0.25) is 12.7 Å². The zero-order chi connectivity index (χ0) is 22.4. The number of carbonyl (C=O) groups is 2. The molecule has 0 unspecified atom stereocenters. The highest BCUT2D eigenvalue weighted by atomic mass is 16.7. The van der Waals surface area contributed by atoms with Gasteiger partial charge in [0.15, 0.2) is 11.5 Å². The van der Waals surface area contributed by atoms with Gasteiger partial charge >= 0.3 is 0 Å².